The van der Waals surface area contributed by atoms with Crippen molar-refractivity contribution >= 4 is 11.8 Å². The average Bonchev–Trinajstić information content (AvgIpc) is 2.70. The van der Waals surface area contributed by atoms with E-state index in [4.69, 9.17) is 4.74 Å². The SMILES string of the molecule is CC/C=C(NC1CC(O)COC1O)/C(C#N)=C/c1ccc(N(CC)CC)cc1. The lowest BCUT2D eigenvalue weighted by atomic mass is 10.0. The molecule has 0 radical (unpaired) electrons. The van der Waals surface area contributed by atoms with Crippen molar-refractivity contribution in [2.45, 2.75) is 52.0 Å². The molecule has 2 rings (SSSR count). The van der Waals surface area contributed by atoms with E-state index in [1.165, 1.54) is 0 Å². The Bertz CT molecular complexity index is 718. The molecule has 28 heavy (non-hydrogen) atoms. The number of nitrogens with one attached hydrogen (secondary N) is 1. The van der Waals surface area contributed by atoms with Crippen LogP contribution in [0.5, 0.6) is 0 Å². The van der Waals surface area contributed by atoms with Crippen LogP contribution in [-0.2, 0) is 4.74 Å². The van der Waals surface area contributed by atoms with E-state index in [0.29, 0.717) is 17.7 Å². The molecular formula is C22H31N3O3. The van der Waals surface area contributed by atoms with E-state index in [0.717, 1.165) is 30.8 Å². The summed E-state index contributed by atoms with van der Waals surface area (Å²) in [7, 11) is 0. The Balaban J connectivity index is 2.22. The Morgan fingerprint density at radius 3 is 2.50 bits per heavy atom. The maximum atomic E-state index is 10.0. The maximum Gasteiger partial charge on any atom is 0.175 e. The first-order chi connectivity index (χ1) is 13.5. The Labute approximate surface area is 167 Å². The van der Waals surface area contributed by atoms with Crippen LogP contribution in [0.2, 0.25) is 0 Å². The molecule has 3 N–H and O–H groups in total. The summed E-state index contributed by atoms with van der Waals surface area (Å²) in [6.45, 7) is 8.24. The first kappa shape index (κ1) is 22.0. The van der Waals surface area contributed by atoms with Crippen molar-refractivity contribution in [3.63, 3.8) is 0 Å². The van der Waals surface area contributed by atoms with Gasteiger partial charge in [-0.3, -0.25) is 0 Å². The summed E-state index contributed by atoms with van der Waals surface area (Å²) >= 11 is 0. The highest BCUT2D eigenvalue weighted by Gasteiger charge is 2.29. The lowest BCUT2D eigenvalue weighted by Crippen LogP contribution is -2.48. The first-order valence-corrected chi connectivity index (χ1v) is 9.93. The van der Waals surface area contributed by atoms with Crippen LogP contribution in [0.1, 0.15) is 39.2 Å². The minimum absolute atomic E-state index is 0.117. The fourth-order valence-corrected chi connectivity index (χ4v) is 3.29. The van der Waals surface area contributed by atoms with E-state index in [1.54, 1.807) is 0 Å². The number of aliphatic hydroxyl groups excluding tert-OH is 2. The number of rotatable bonds is 8. The number of hydrogen-bond acceptors (Lipinski definition) is 6. The van der Waals surface area contributed by atoms with Crippen LogP contribution in [0.4, 0.5) is 5.69 Å². The van der Waals surface area contributed by atoms with Gasteiger partial charge in [0.1, 0.15) is 6.07 Å². The molecule has 1 aromatic rings. The van der Waals surface area contributed by atoms with Crippen molar-refractivity contribution < 1.29 is 14.9 Å². The zero-order chi connectivity index (χ0) is 20.5. The smallest absolute Gasteiger partial charge is 0.175 e. The van der Waals surface area contributed by atoms with Crippen LogP contribution >= 0.6 is 0 Å². The molecule has 1 aliphatic rings. The third-order valence-corrected chi connectivity index (χ3v) is 4.82. The second kappa shape index (κ2) is 10.9. The van der Waals surface area contributed by atoms with Crippen molar-refractivity contribution in [1.29, 1.82) is 5.26 Å². The van der Waals surface area contributed by atoms with Gasteiger partial charge in [-0.2, -0.15) is 5.26 Å². The van der Waals surface area contributed by atoms with Crippen molar-refractivity contribution in [3.05, 3.63) is 47.2 Å². The first-order valence-electron chi connectivity index (χ1n) is 9.93. The number of benzene rings is 1. The van der Waals surface area contributed by atoms with Gasteiger partial charge in [0, 0.05) is 30.9 Å². The Hall–Kier alpha value is -2.33. The van der Waals surface area contributed by atoms with Gasteiger partial charge < -0.3 is 25.2 Å². The summed E-state index contributed by atoms with van der Waals surface area (Å²) in [5.74, 6) is 0. The molecule has 0 aliphatic carbocycles. The highest BCUT2D eigenvalue weighted by molar-refractivity contribution is 5.65. The van der Waals surface area contributed by atoms with Gasteiger partial charge in [-0.15, -0.1) is 0 Å². The summed E-state index contributed by atoms with van der Waals surface area (Å²) in [4.78, 5) is 2.26. The predicted molar refractivity (Wildman–Crippen MR) is 111 cm³/mol. The van der Waals surface area contributed by atoms with Crippen molar-refractivity contribution in [2.75, 3.05) is 24.6 Å². The molecule has 6 nitrogen and oxygen atoms in total. The molecule has 0 aromatic heterocycles. The summed E-state index contributed by atoms with van der Waals surface area (Å²) in [6, 6.07) is 9.88. The standard InChI is InChI=1S/C22H31N3O3/c1-4-7-20(24-21-13-19(26)15-28-22(21)27)17(14-23)12-16-8-10-18(11-9-16)25(5-2)6-3/h7-12,19,21-22,24,26-27H,4-6,13,15H2,1-3H3/b17-12+,20-7-. The second-order valence-corrected chi connectivity index (χ2v) is 6.82. The molecule has 0 amide bonds. The van der Waals surface area contributed by atoms with Crippen LogP contribution in [-0.4, -0.2) is 48.3 Å². The van der Waals surface area contributed by atoms with E-state index in [-0.39, 0.29) is 6.61 Å². The van der Waals surface area contributed by atoms with Crippen LogP contribution in [0.3, 0.4) is 0 Å². The van der Waals surface area contributed by atoms with Gasteiger partial charge in [0.25, 0.3) is 0 Å². The van der Waals surface area contributed by atoms with Crippen LogP contribution in [0.15, 0.2) is 41.6 Å². The fourth-order valence-electron chi connectivity index (χ4n) is 3.29. The number of ether oxygens (including phenoxy) is 1. The third-order valence-electron chi connectivity index (χ3n) is 4.82. The molecule has 0 saturated carbocycles. The van der Waals surface area contributed by atoms with E-state index in [2.05, 4.69) is 42.3 Å². The Morgan fingerprint density at radius 2 is 1.93 bits per heavy atom. The zero-order valence-electron chi connectivity index (χ0n) is 16.9. The summed E-state index contributed by atoms with van der Waals surface area (Å²) in [6.07, 6.45) is 3.18. The maximum absolute atomic E-state index is 10.0. The topological polar surface area (TPSA) is 88.7 Å². The Kier molecular flexibility index (Phi) is 8.52. The van der Waals surface area contributed by atoms with Gasteiger partial charge in [0.2, 0.25) is 0 Å². The van der Waals surface area contributed by atoms with Crippen LogP contribution in [0, 0.1) is 11.3 Å². The van der Waals surface area contributed by atoms with Gasteiger partial charge in [0.05, 0.1) is 24.3 Å². The van der Waals surface area contributed by atoms with E-state index < -0.39 is 18.4 Å². The van der Waals surface area contributed by atoms with E-state index in [1.807, 2.05) is 31.2 Å². The van der Waals surface area contributed by atoms with Crippen LogP contribution < -0.4 is 10.2 Å². The molecule has 0 bridgehead atoms. The largest absolute Gasteiger partial charge is 0.391 e. The number of allylic oxidation sites excluding steroid dienone is 2. The van der Waals surface area contributed by atoms with Crippen molar-refractivity contribution in [3.8, 4) is 6.07 Å². The molecular weight excluding hydrogens is 354 g/mol. The fraction of sp³-hybridized carbons (Fsp3) is 0.500. The van der Waals surface area contributed by atoms with Gasteiger partial charge in [-0.05, 0) is 44.0 Å². The number of anilines is 1. The summed E-state index contributed by atoms with van der Waals surface area (Å²) in [5.41, 5.74) is 3.19. The van der Waals surface area contributed by atoms with Gasteiger partial charge in [-0.1, -0.05) is 25.1 Å². The lowest BCUT2D eigenvalue weighted by molar-refractivity contribution is -0.171. The van der Waals surface area contributed by atoms with Gasteiger partial charge in [0.15, 0.2) is 6.29 Å². The van der Waals surface area contributed by atoms with E-state index in [9.17, 15) is 15.5 Å². The normalized spacial score (nSPS) is 23.2. The molecule has 1 saturated heterocycles. The minimum Gasteiger partial charge on any atom is -0.391 e. The van der Waals surface area contributed by atoms with Crippen LogP contribution in [0.25, 0.3) is 6.08 Å². The van der Waals surface area contributed by atoms with Gasteiger partial charge >= 0.3 is 0 Å². The molecule has 1 aromatic carbocycles. The molecule has 152 valence electrons. The Morgan fingerprint density at radius 1 is 1.25 bits per heavy atom. The molecule has 1 fully saturated rings. The predicted octanol–water partition coefficient (Wildman–Crippen LogP) is 2.79. The van der Waals surface area contributed by atoms with Crippen molar-refractivity contribution in [1.82, 2.24) is 5.32 Å². The molecule has 1 heterocycles. The highest BCUT2D eigenvalue weighted by Crippen LogP contribution is 2.21. The van der Waals surface area contributed by atoms with Crippen molar-refractivity contribution in [2.24, 2.45) is 0 Å². The summed E-state index contributed by atoms with van der Waals surface area (Å²) < 4.78 is 5.18. The quantitative estimate of drug-likeness (QED) is 0.471. The summed E-state index contributed by atoms with van der Waals surface area (Å²) in [5, 5.41) is 32.7. The molecule has 3 atom stereocenters. The monoisotopic (exact) mass is 385 g/mol. The van der Waals surface area contributed by atoms with Gasteiger partial charge in [-0.25, -0.2) is 0 Å². The molecule has 3 unspecified atom stereocenters. The number of nitrogens with zero attached hydrogens (tertiary/aromatic N) is 2. The number of hydrogen-bond donors (Lipinski definition) is 3. The number of aliphatic hydroxyl groups is 2. The molecule has 0 spiro atoms. The molecule has 6 heteroatoms. The highest BCUT2D eigenvalue weighted by atomic mass is 16.6. The van der Waals surface area contributed by atoms with E-state index >= 15 is 0 Å². The zero-order valence-corrected chi connectivity index (χ0v) is 16.9. The second-order valence-electron chi connectivity index (χ2n) is 6.82. The lowest BCUT2D eigenvalue weighted by Gasteiger charge is -2.32. The average molecular weight is 386 g/mol. The molecule has 1 aliphatic heterocycles. The minimum atomic E-state index is -1.02. The number of nitriles is 1. The third kappa shape index (κ3) is 5.83.